The molecular weight excluding hydrogens is 580 g/mol. The van der Waals surface area contributed by atoms with Crippen LogP contribution in [0.2, 0.25) is 5.02 Å². The first-order chi connectivity index (χ1) is 19.6. The Morgan fingerprint density at radius 1 is 1.20 bits per heavy atom. The monoisotopic (exact) mass is 616 g/mol. The van der Waals surface area contributed by atoms with Crippen molar-refractivity contribution in [3.05, 3.63) is 57.8 Å². The van der Waals surface area contributed by atoms with Gasteiger partial charge in [0.05, 0.1) is 26.7 Å². The Hall–Kier alpha value is -2.40. The number of benzene rings is 2. The van der Waals surface area contributed by atoms with Gasteiger partial charge in [-0.25, -0.2) is 13.4 Å². The smallest absolute Gasteiger partial charge is 0.266 e. The van der Waals surface area contributed by atoms with Crippen LogP contribution in [-0.4, -0.2) is 66.5 Å². The van der Waals surface area contributed by atoms with Crippen LogP contribution >= 0.6 is 23.4 Å². The number of likely N-dealkylation sites (tertiary alicyclic amines) is 1. The molecule has 1 N–H and O–H groups in total. The third-order valence-electron chi connectivity index (χ3n) is 8.18. The van der Waals surface area contributed by atoms with Crippen molar-refractivity contribution in [3.8, 4) is 5.69 Å². The molecule has 5 rings (SSSR count). The summed E-state index contributed by atoms with van der Waals surface area (Å²) in [5.74, 6) is 0.0741. The van der Waals surface area contributed by atoms with Crippen molar-refractivity contribution in [2.75, 3.05) is 32.4 Å². The molecule has 3 heterocycles. The first-order valence-corrected chi connectivity index (χ1v) is 17.4. The van der Waals surface area contributed by atoms with Crippen LogP contribution in [0.25, 0.3) is 16.6 Å². The van der Waals surface area contributed by atoms with Gasteiger partial charge in [0.1, 0.15) is 0 Å². The fourth-order valence-corrected chi connectivity index (χ4v) is 8.08. The summed E-state index contributed by atoms with van der Waals surface area (Å²) >= 11 is 7.60. The van der Waals surface area contributed by atoms with Crippen LogP contribution in [0.15, 0.2) is 57.3 Å². The number of hydrogen-bond donors (Lipinski definition) is 1. The molecule has 2 atom stereocenters. The molecule has 1 amide bonds. The predicted octanol–water partition coefficient (Wildman–Crippen LogP) is 5.09. The number of rotatable bonds is 8. The second-order valence-electron chi connectivity index (χ2n) is 11.4. The van der Waals surface area contributed by atoms with Gasteiger partial charge in [0.25, 0.3) is 5.56 Å². The van der Waals surface area contributed by atoms with E-state index in [1.807, 2.05) is 4.90 Å². The number of piperidine rings is 2. The molecule has 1 spiro atoms. The summed E-state index contributed by atoms with van der Waals surface area (Å²) in [7, 11) is -3.50. The highest BCUT2D eigenvalue weighted by Gasteiger charge is 2.39. The summed E-state index contributed by atoms with van der Waals surface area (Å²) < 4.78 is 26.0. The van der Waals surface area contributed by atoms with E-state index in [4.69, 9.17) is 16.6 Å². The van der Waals surface area contributed by atoms with Gasteiger partial charge in [-0.3, -0.25) is 14.2 Å². The maximum atomic E-state index is 14.1. The lowest BCUT2D eigenvalue weighted by atomic mass is 9.74. The van der Waals surface area contributed by atoms with Gasteiger partial charge in [-0.05, 0) is 75.0 Å². The van der Waals surface area contributed by atoms with Gasteiger partial charge in [-0.2, -0.15) is 0 Å². The molecule has 3 aromatic rings. The summed E-state index contributed by atoms with van der Waals surface area (Å²) in [6.45, 7) is 5.53. The van der Waals surface area contributed by atoms with Gasteiger partial charge in [0.2, 0.25) is 5.91 Å². The highest BCUT2D eigenvalue weighted by molar-refractivity contribution is 8.00. The molecule has 0 aliphatic carbocycles. The number of nitrogens with one attached hydrogen (secondary N) is 1. The number of nitrogens with zero attached hydrogens (tertiary/aromatic N) is 3. The molecule has 0 saturated carbocycles. The van der Waals surface area contributed by atoms with Crippen molar-refractivity contribution in [2.24, 2.45) is 5.41 Å². The molecule has 2 aromatic carbocycles. The quantitative estimate of drug-likeness (QED) is 0.278. The Bertz CT molecular complexity index is 1600. The number of sulfone groups is 1. The summed E-state index contributed by atoms with van der Waals surface area (Å²) in [6.07, 6.45) is 7.92. The Morgan fingerprint density at radius 2 is 2.00 bits per heavy atom. The third-order valence-corrected chi connectivity index (χ3v) is 10.7. The van der Waals surface area contributed by atoms with Crippen LogP contribution in [0.4, 0.5) is 0 Å². The number of halogens is 1. The topological polar surface area (TPSA) is 101 Å². The van der Waals surface area contributed by atoms with Crippen LogP contribution < -0.4 is 10.9 Å². The molecular formula is C30H37ClN4O4S2. The molecule has 8 nitrogen and oxygen atoms in total. The minimum atomic E-state index is -3.50. The van der Waals surface area contributed by atoms with Crippen LogP contribution in [-0.2, 0) is 14.6 Å². The maximum absolute atomic E-state index is 14.1. The van der Waals surface area contributed by atoms with Gasteiger partial charge >= 0.3 is 0 Å². The van der Waals surface area contributed by atoms with E-state index in [-0.39, 0.29) is 27.3 Å². The van der Waals surface area contributed by atoms with Crippen molar-refractivity contribution in [3.63, 3.8) is 0 Å². The van der Waals surface area contributed by atoms with Gasteiger partial charge in [-0.1, -0.05) is 49.2 Å². The normalized spacial score (nSPS) is 20.4. The van der Waals surface area contributed by atoms with Crippen molar-refractivity contribution < 1.29 is 13.2 Å². The molecule has 2 aliphatic heterocycles. The molecule has 0 radical (unpaired) electrons. The van der Waals surface area contributed by atoms with Crippen molar-refractivity contribution in [1.29, 1.82) is 0 Å². The zero-order valence-corrected chi connectivity index (χ0v) is 26.0. The van der Waals surface area contributed by atoms with E-state index < -0.39 is 15.1 Å². The summed E-state index contributed by atoms with van der Waals surface area (Å²) in [5.41, 5.74) is 0.605. The predicted molar refractivity (Wildman–Crippen MR) is 165 cm³/mol. The number of hydrogen-bond acceptors (Lipinski definition) is 7. The highest BCUT2D eigenvalue weighted by atomic mass is 35.5. The van der Waals surface area contributed by atoms with E-state index in [0.29, 0.717) is 27.7 Å². The van der Waals surface area contributed by atoms with E-state index in [9.17, 15) is 18.0 Å². The average molecular weight is 617 g/mol. The highest BCUT2D eigenvalue weighted by Crippen LogP contribution is 2.38. The average Bonchev–Trinajstić information content (AvgIpc) is 2.94. The molecule has 2 saturated heterocycles. The van der Waals surface area contributed by atoms with Crippen LogP contribution in [0.3, 0.4) is 0 Å². The zero-order valence-electron chi connectivity index (χ0n) is 23.6. The number of carbonyl (C=O) groups excluding carboxylic acids is 1. The van der Waals surface area contributed by atoms with Gasteiger partial charge in [-0.15, -0.1) is 0 Å². The van der Waals surface area contributed by atoms with Crippen molar-refractivity contribution in [1.82, 2.24) is 19.8 Å². The number of fused-ring (bicyclic) bond motifs is 1. The minimum absolute atomic E-state index is 0.0741. The van der Waals surface area contributed by atoms with Crippen LogP contribution in [0.5, 0.6) is 0 Å². The Balaban J connectivity index is 1.57. The molecule has 220 valence electrons. The number of aromatic nitrogens is 2. The van der Waals surface area contributed by atoms with Crippen LogP contribution in [0.1, 0.15) is 51.9 Å². The van der Waals surface area contributed by atoms with Crippen molar-refractivity contribution >= 4 is 50.0 Å². The zero-order chi connectivity index (χ0) is 29.2. The van der Waals surface area contributed by atoms with E-state index in [2.05, 4.69) is 12.2 Å². The number of unbranched alkanes of at least 4 members (excludes halogenated alkanes) is 1. The molecule has 41 heavy (non-hydrogen) atoms. The first-order valence-electron chi connectivity index (χ1n) is 14.3. The van der Waals surface area contributed by atoms with E-state index in [0.717, 1.165) is 71.0 Å². The lowest BCUT2D eigenvalue weighted by Crippen LogP contribution is -2.54. The third kappa shape index (κ3) is 6.66. The lowest BCUT2D eigenvalue weighted by Gasteiger charge is -2.46. The van der Waals surface area contributed by atoms with Crippen molar-refractivity contribution in [2.45, 2.75) is 67.2 Å². The Labute approximate surface area is 250 Å². The van der Waals surface area contributed by atoms with Gasteiger partial charge in [0, 0.05) is 36.3 Å². The molecule has 2 unspecified atom stereocenters. The molecule has 11 heteroatoms. The van der Waals surface area contributed by atoms with E-state index >= 15 is 0 Å². The Morgan fingerprint density at radius 3 is 2.71 bits per heavy atom. The van der Waals surface area contributed by atoms with Gasteiger partial charge in [0.15, 0.2) is 15.0 Å². The summed E-state index contributed by atoms with van der Waals surface area (Å²) in [5, 5.41) is 4.20. The first kappa shape index (κ1) is 30.1. The van der Waals surface area contributed by atoms with E-state index in [1.165, 1.54) is 34.5 Å². The summed E-state index contributed by atoms with van der Waals surface area (Å²) in [6, 6.07) is 11.3. The molecule has 2 fully saturated rings. The van der Waals surface area contributed by atoms with Crippen LogP contribution in [0, 0.1) is 5.41 Å². The largest absolute Gasteiger partial charge is 0.341 e. The van der Waals surface area contributed by atoms with Gasteiger partial charge < -0.3 is 10.2 Å². The minimum Gasteiger partial charge on any atom is -0.341 e. The number of amides is 1. The number of carbonyl (C=O) groups is 1. The second kappa shape index (κ2) is 12.5. The van der Waals surface area contributed by atoms with E-state index in [1.54, 1.807) is 24.3 Å². The fourth-order valence-electron chi connectivity index (χ4n) is 6.03. The standard InChI is InChI=1S/C30H37ClN4O4S2/c1-3-4-10-26(28(37)34-16-7-14-30(20-34)13-6-15-32-19-30)40-29-33-25-18-23(41(2,38)39)11-12-24(25)27(36)35(29)22-9-5-8-21(31)17-22/h5,8-9,11-12,17-18,26,32H,3-4,6-7,10,13-16,19-20H2,1-2H3. The lowest BCUT2D eigenvalue weighted by molar-refractivity contribution is -0.134. The molecule has 0 bridgehead atoms. The SMILES string of the molecule is CCCCC(Sc1nc2cc(S(C)(=O)=O)ccc2c(=O)n1-c1cccc(Cl)c1)C(=O)N1CCCC2(CCCNC2)C1. The molecule has 2 aliphatic rings. The summed E-state index contributed by atoms with van der Waals surface area (Å²) in [4.78, 5) is 35.0. The maximum Gasteiger partial charge on any atom is 0.266 e. The number of thioether (sulfide) groups is 1. The Kier molecular flexibility index (Phi) is 9.13. The fraction of sp³-hybridized carbons (Fsp3) is 0.500. The molecule has 1 aromatic heterocycles. The second-order valence-corrected chi connectivity index (χ2v) is 15.0.